The molecule has 126 valence electrons. The Morgan fingerprint density at radius 2 is 1.75 bits per heavy atom. The number of benzene rings is 2. The molecule has 1 aliphatic rings. The molecule has 0 saturated carbocycles. The van der Waals surface area contributed by atoms with Gasteiger partial charge in [0.05, 0.1) is 13.2 Å². The Labute approximate surface area is 143 Å². The SMILES string of the molecule is COc1ccc(OC(C)C(=O)N2CCCC2c2ccccc2)cc1. The summed E-state index contributed by atoms with van der Waals surface area (Å²) >= 11 is 0. The summed E-state index contributed by atoms with van der Waals surface area (Å²) in [5, 5.41) is 0. The van der Waals surface area contributed by atoms with Crippen LogP contribution in [-0.4, -0.2) is 30.6 Å². The number of hydrogen-bond donors (Lipinski definition) is 0. The van der Waals surface area contributed by atoms with Crippen molar-refractivity contribution in [3.05, 3.63) is 60.2 Å². The van der Waals surface area contributed by atoms with Crippen molar-refractivity contribution in [3.8, 4) is 11.5 Å². The van der Waals surface area contributed by atoms with Crippen LogP contribution in [0.5, 0.6) is 11.5 Å². The van der Waals surface area contributed by atoms with Gasteiger partial charge in [-0.2, -0.15) is 0 Å². The highest BCUT2D eigenvalue weighted by molar-refractivity contribution is 5.81. The van der Waals surface area contributed by atoms with Gasteiger partial charge in [-0.15, -0.1) is 0 Å². The molecular weight excluding hydrogens is 302 g/mol. The van der Waals surface area contributed by atoms with Gasteiger partial charge in [0, 0.05) is 6.54 Å². The molecule has 0 N–H and O–H groups in total. The molecule has 1 saturated heterocycles. The molecule has 0 aliphatic carbocycles. The molecule has 1 aliphatic heterocycles. The molecule has 0 spiro atoms. The van der Waals surface area contributed by atoms with Gasteiger partial charge < -0.3 is 14.4 Å². The quantitative estimate of drug-likeness (QED) is 0.839. The van der Waals surface area contributed by atoms with Crippen molar-refractivity contribution in [2.75, 3.05) is 13.7 Å². The maximum atomic E-state index is 12.8. The highest BCUT2D eigenvalue weighted by Crippen LogP contribution is 2.32. The molecule has 4 nitrogen and oxygen atoms in total. The predicted octanol–water partition coefficient (Wildman–Crippen LogP) is 3.83. The predicted molar refractivity (Wildman–Crippen MR) is 93.2 cm³/mol. The lowest BCUT2D eigenvalue weighted by Crippen LogP contribution is -2.40. The summed E-state index contributed by atoms with van der Waals surface area (Å²) in [6.45, 7) is 2.60. The van der Waals surface area contributed by atoms with Gasteiger partial charge >= 0.3 is 0 Å². The average Bonchev–Trinajstić information content (AvgIpc) is 3.12. The van der Waals surface area contributed by atoms with E-state index >= 15 is 0 Å². The van der Waals surface area contributed by atoms with Crippen molar-refractivity contribution in [3.63, 3.8) is 0 Å². The first-order valence-corrected chi connectivity index (χ1v) is 8.35. The second-order valence-electron chi connectivity index (χ2n) is 6.04. The number of nitrogens with zero attached hydrogens (tertiary/aromatic N) is 1. The summed E-state index contributed by atoms with van der Waals surface area (Å²) in [6.07, 6.45) is 1.52. The second kappa shape index (κ2) is 7.39. The highest BCUT2D eigenvalue weighted by Gasteiger charge is 2.33. The maximum Gasteiger partial charge on any atom is 0.263 e. The Kier molecular flexibility index (Phi) is 5.04. The Morgan fingerprint density at radius 3 is 2.42 bits per heavy atom. The van der Waals surface area contributed by atoms with Crippen LogP contribution < -0.4 is 9.47 Å². The molecule has 1 amide bonds. The molecule has 0 aromatic heterocycles. The van der Waals surface area contributed by atoms with Gasteiger partial charge in [-0.1, -0.05) is 30.3 Å². The zero-order valence-electron chi connectivity index (χ0n) is 14.1. The Morgan fingerprint density at radius 1 is 1.08 bits per heavy atom. The van der Waals surface area contributed by atoms with Crippen molar-refractivity contribution >= 4 is 5.91 Å². The maximum absolute atomic E-state index is 12.8. The summed E-state index contributed by atoms with van der Waals surface area (Å²) in [5.74, 6) is 1.48. The molecule has 4 heteroatoms. The minimum atomic E-state index is -0.511. The molecule has 3 rings (SSSR count). The van der Waals surface area contributed by atoms with Gasteiger partial charge in [-0.25, -0.2) is 0 Å². The fourth-order valence-corrected chi connectivity index (χ4v) is 3.19. The molecule has 1 fully saturated rings. The lowest BCUT2D eigenvalue weighted by atomic mass is 10.0. The zero-order valence-corrected chi connectivity index (χ0v) is 14.1. The summed E-state index contributed by atoms with van der Waals surface area (Å²) in [4.78, 5) is 14.8. The van der Waals surface area contributed by atoms with Gasteiger partial charge in [-0.05, 0) is 49.6 Å². The van der Waals surface area contributed by atoms with E-state index in [1.807, 2.05) is 54.3 Å². The lowest BCUT2D eigenvalue weighted by Gasteiger charge is -2.28. The van der Waals surface area contributed by atoms with E-state index in [1.54, 1.807) is 7.11 Å². The first-order chi connectivity index (χ1) is 11.7. The molecule has 2 unspecified atom stereocenters. The number of carbonyl (C=O) groups is 1. The largest absolute Gasteiger partial charge is 0.497 e. The van der Waals surface area contributed by atoms with E-state index in [-0.39, 0.29) is 11.9 Å². The minimum absolute atomic E-state index is 0.0390. The molecule has 2 aromatic rings. The third-order valence-electron chi connectivity index (χ3n) is 4.44. The molecular formula is C20H23NO3. The second-order valence-corrected chi connectivity index (χ2v) is 6.04. The van der Waals surface area contributed by atoms with Gasteiger partial charge in [0.25, 0.3) is 5.91 Å². The van der Waals surface area contributed by atoms with Crippen LogP contribution in [0.15, 0.2) is 54.6 Å². The summed E-state index contributed by atoms with van der Waals surface area (Å²) < 4.78 is 11.0. The lowest BCUT2D eigenvalue weighted by molar-refractivity contribution is -0.138. The number of methoxy groups -OCH3 is 1. The van der Waals surface area contributed by atoms with Crippen molar-refractivity contribution in [1.82, 2.24) is 4.90 Å². The van der Waals surface area contributed by atoms with E-state index < -0.39 is 6.10 Å². The van der Waals surface area contributed by atoms with Crippen LogP contribution in [0.1, 0.15) is 31.4 Å². The fourth-order valence-electron chi connectivity index (χ4n) is 3.19. The summed E-state index contributed by atoms with van der Waals surface area (Å²) in [6, 6.07) is 17.7. The number of carbonyl (C=O) groups excluding carboxylic acids is 1. The number of rotatable bonds is 5. The molecule has 2 atom stereocenters. The van der Waals surface area contributed by atoms with Gasteiger partial charge in [0.15, 0.2) is 6.10 Å². The number of ether oxygens (including phenoxy) is 2. The van der Waals surface area contributed by atoms with Crippen LogP contribution in [0.4, 0.5) is 0 Å². The molecule has 0 bridgehead atoms. The van der Waals surface area contributed by atoms with E-state index in [4.69, 9.17) is 9.47 Å². The molecule has 1 heterocycles. The Hall–Kier alpha value is -2.49. The summed E-state index contributed by atoms with van der Waals surface area (Å²) in [7, 11) is 1.62. The Balaban J connectivity index is 1.68. The first kappa shape index (κ1) is 16.4. The molecule has 0 radical (unpaired) electrons. The molecule has 24 heavy (non-hydrogen) atoms. The van der Waals surface area contributed by atoms with E-state index in [2.05, 4.69) is 12.1 Å². The number of hydrogen-bond acceptors (Lipinski definition) is 3. The van der Waals surface area contributed by atoms with Crippen LogP contribution in [0.2, 0.25) is 0 Å². The first-order valence-electron chi connectivity index (χ1n) is 8.35. The van der Waals surface area contributed by atoms with Gasteiger partial charge in [0.2, 0.25) is 0 Å². The van der Waals surface area contributed by atoms with Gasteiger partial charge in [-0.3, -0.25) is 4.79 Å². The van der Waals surface area contributed by atoms with Gasteiger partial charge in [0.1, 0.15) is 11.5 Å². The summed E-state index contributed by atoms with van der Waals surface area (Å²) in [5.41, 5.74) is 1.19. The van der Waals surface area contributed by atoms with Crippen molar-refractivity contribution in [2.45, 2.75) is 31.9 Å². The van der Waals surface area contributed by atoms with Crippen LogP contribution in [0.3, 0.4) is 0 Å². The van der Waals surface area contributed by atoms with Crippen molar-refractivity contribution < 1.29 is 14.3 Å². The Bertz CT molecular complexity index is 669. The number of amides is 1. The van der Waals surface area contributed by atoms with Crippen molar-refractivity contribution in [1.29, 1.82) is 0 Å². The average molecular weight is 325 g/mol. The van der Waals surface area contributed by atoms with E-state index in [9.17, 15) is 4.79 Å². The molecule has 2 aromatic carbocycles. The third kappa shape index (κ3) is 3.53. The monoisotopic (exact) mass is 325 g/mol. The minimum Gasteiger partial charge on any atom is -0.497 e. The van der Waals surface area contributed by atoms with Crippen molar-refractivity contribution in [2.24, 2.45) is 0 Å². The third-order valence-corrected chi connectivity index (χ3v) is 4.44. The van der Waals surface area contributed by atoms with E-state index in [0.717, 1.165) is 25.1 Å². The normalized spacial score (nSPS) is 18.2. The zero-order chi connectivity index (χ0) is 16.9. The van der Waals surface area contributed by atoms with Crippen LogP contribution >= 0.6 is 0 Å². The van der Waals surface area contributed by atoms with Crippen LogP contribution in [0.25, 0.3) is 0 Å². The van der Waals surface area contributed by atoms with E-state index in [0.29, 0.717) is 5.75 Å². The number of likely N-dealkylation sites (tertiary alicyclic amines) is 1. The topological polar surface area (TPSA) is 38.8 Å². The van der Waals surface area contributed by atoms with E-state index in [1.165, 1.54) is 5.56 Å². The highest BCUT2D eigenvalue weighted by atomic mass is 16.5. The van der Waals surface area contributed by atoms with Crippen LogP contribution in [-0.2, 0) is 4.79 Å². The fraction of sp³-hybridized carbons (Fsp3) is 0.350. The smallest absolute Gasteiger partial charge is 0.263 e. The van der Waals surface area contributed by atoms with Crippen LogP contribution in [0, 0.1) is 0 Å². The standard InChI is InChI=1S/C20H23NO3/c1-15(24-18-12-10-17(23-2)11-13-18)20(22)21-14-6-9-19(21)16-7-4-3-5-8-16/h3-5,7-8,10-13,15,19H,6,9,14H2,1-2H3.